The molecule has 0 amide bonds. The molecule has 0 rings (SSSR count). The summed E-state index contributed by atoms with van der Waals surface area (Å²) in [4.78, 5) is 0. The largest absolute Gasteiger partial charge is 1.00 e. The number of nitrogens with zero attached hydrogens (tertiary/aromatic N) is 1. The van der Waals surface area contributed by atoms with Gasteiger partial charge >= 0.3 is 0 Å². The van der Waals surface area contributed by atoms with Crippen molar-refractivity contribution in [3.8, 4) is 0 Å². The SMILES string of the molecule is CCCCCCCC[N+](C)(CCl)CCCCCCC.[Cl-]. The van der Waals surface area contributed by atoms with Crippen LogP contribution in [0.5, 0.6) is 0 Å². The molecule has 124 valence electrons. The zero-order chi connectivity index (χ0) is 14.4. The van der Waals surface area contributed by atoms with Crippen molar-refractivity contribution in [3.63, 3.8) is 0 Å². The Morgan fingerprint density at radius 1 is 0.650 bits per heavy atom. The van der Waals surface area contributed by atoms with Crippen LogP contribution in [0.1, 0.15) is 84.5 Å². The normalized spacial score (nSPS) is 13.8. The van der Waals surface area contributed by atoms with E-state index in [0.29, 0.717) is 0 Å². The van der Waals surface area contributed by atoms with E-state index in [0.717, 1.165) is 10.5 Å². The summed E-state index contributed by atoms with van der Waals surface area (Å²) >= 11 is 6.18. The van der Waals surface area contributed by atoms with E-state index in [9.17, 15) is 0 Å². The van der Waals surface area contributed by atoms with Crippen molar-refractivity contribution in [1.82, 2.24) is 0 Å². The van der Waals surface area contributed by atoms with Crippen LogP contribution in [-0.4, -0.2) is 30.6 Å². The summed E-state index contributed by atoms with van der Waals surface area (Å²) in [7, 11) is 2.33. The Morgan fingerprint density at radius 2 is 1.00 bits per heavy atom. The van der Waals surface area contributed by atoms with Crippen molar-refractivity contribution in [3.05, 3.63) is 0 Å². The third-order valence-corrected chi connectivity index (χ3v) is 4.72. The van der Waals surface area contributed by atoms with E-state index in [1.807, 2.05) is 0 Å². The Kier molecular flexibility index (Phi) is 18.2. The van der Waals surface area contributed by atoms with E-state index in [2.05, 4.69) is 20.9 Å². The van der Waals surface area contributed by atoms with E-state index in [4.69, 9.17) is 11.6 Å². The third-order valence-electron chi connectivity index (χ3n) is 4.14. The van der Waals surface area contributed by atoms with Gasteiger partial charge in [0.05, 0.1) is 20.1 Å². The summed E-state index contributed by atoms with van der Waals surface area (Å²) in [6, 6.07) is 0.780. The molecule has 3 heteroatoms. The maximum absolute atomic E-state index is 6.18. The molecule has 0 aromatic carbocycles. The van der Waals surface area contributed by atoms with E-state index >= 15 is 0 Å². The number of alkyl halides is 1. The third kappa shape index (κ3) is 13.5. The Morgan fingerprint density at radius 3 is 1.35 bits per heavy atom. The molecule has 0 aromatic rings. The lowest BCUT2D eigenvalue weighted by atomic mass is 10.1. The minimum absolute atomic E-state index is 0. The lowest BCUT2D eigenvalue weighted by Crippen LogP contribution is -3.00. The Hall–Kier alpha value is 0.540. The molecule has 1 atom stereocenters. The van der Waals surface area contributed by atoms with Gasteiger partial charge in [-0.1, -0.05) is 70.4 Å². The van der Waals surface area contributed by atoms with Gasteiger partial charge in [-0.2, -0.15) is 0 Å². The molecule has 0 heterocycles. The second kappa shape index (κ2) is 15.9. The quantitative estimate of drug-likeness (QED) is 0.199. The van der Waals surface area contributed by atoms with Gasteiger partial charge in [0.2, 0.25) is 0 Å². The van der Waals surface area contributed by atoms with Crippen LogP contribution in [0.15, 0.2) is 0 Å². The molecular formula is C17H37Cl2N. The first-order valence-corrected chi connectivity index (χ1v) is 9.11. The minimum Gasteiger partial charge on any atom is -1.00 e. The Labute approximate surface area is 139 Å². The van der Waals surface area contributed by atoms with Crippen molar-refractivity contribution in [1.29, 1.82) is 0 Å². The fourth-order valence-electron chi connectivity index (χ4n) is 2.60. The maximum atomic E-state index is 6.18. The average Bonchev–Trinajstić information content (AvgIpc) is 2.42. The smallest absolute Gasteiger partial charge is 0.154 e. The summed E-state index contributed by atoms with van der Waals surface area (Å²) in [5, 5.41) is 0. The summed E-state index contributed by atoms with van der Waals surface area (Å²) in [6.07, 6.45) is 15.2. The predicted molar refractivity (Wildman–Crippen MR) is 88.8 cm³/mol. The van der Waals surface area contributed by atoms with Crippen molar-refractivity contribution in [2.45, 2.75) is 84.5 Å². The zero-order valence-electron chi connectivity index (χ0n) is 14.1. The Balaban J connectivity index is 0. The number of hydrogen-bond acceptors (Lipinski definition) is 0. The molecule has 0 radical (unpaired) electrons. The van der Waals surface area contributed by atoms with Gasteiger partial charge in [0.1, 0.15) is 0 Å². The van der Waals surface area contributed by atoms with Gasteiger partial charge in [-0.05, 0) is 25.7 Å². The average molecular weight is 326 g/mol. The fraction of sp³-hybridized carbons (Fsp3) is 1.00. The van der Waals surface area contributed by atoms with E-state index in [-0.39, 0.29) is 12.4 Å². The number of hydrogen-bond donors (Lipinski definition) is 0. The lowest BCUT2D eigenvalue weighted by Gasteiger charge is -2.32. The molecule has 20 heavy (non-hydrogen) atoms. The first-order chi connectivity index (χ1) is 9.18. The van der Waals surface area contributed by atoms with Crippen LogP contribution in [0.3, 0.4) is 0 Å². The minimum atomic E-state index is 0. The second-order valence-electron chi connectivity index (χ2n) is 6.37. The highest BCUT2D eigenvalue weighted by Gasteiger charge is 2.18. The number of unbranched alkanes of at least 4 members (excludes halogenated alkanes) is 9. The molecule has 0 spiro atoms. The summed E-state index contributed by atoms with van der Waals surface area (Å²) in [6.45, 7) is 7.09. The predicted octanol–water partition coefficient (Wildman–Crippen LogP) is 2.96. The van der Waals surface area contributed by atoms with Gasteiger partial charge in [0, 0.05) is 0 Å². The van der Waals surface area contributed by atoms with Gasteiger partial charge in [0.25, 0.3) is 0 Å². The lowest BCUT2D eigenvalue weighted by molar-refractivity contribution is -0.899. The topological polar surface area (TPSA) is 0 Å². The van der Waals surface area contributed by atoms with E-state index in [1.54, 1.807) is 0 Å². The highest BCUT2D eigenvalue weighted by molar-refractivity contribution is 6.16. The molecule has 0 bridgehead atoms. The van der Waals surface area contributed by atoms with Crippen LogP contribution < -0.4 is 12.4 Å². The molecule has 0 aromatic heterocycles. The molecule has 1 nitrogen and oxygen atoms in total. The molecule has 0 saturated carbocycles. The van der Waals surface area contributed by atoms with Gasteiger partial charge in [-0.25, -0.2) is 0 Å². The number of rotatable bonds is 14. The maximum Gasteiger partial charge on any atom is 0.154 e. The van der Waals surface area contributed by atoms with E-state index in [1.165, 1.54) is 83.7 Å². The summed E-state index contributed by atoms with van der Waals surface area (Å²) < 4.78 is 1.07. The summed E-state index contributed by atoms with van der Waals surface area (Å²) in [5.74, 6) is 0. The van der Waals surface area contributed by atoms with Crippen molar-refractivity contribution in [2.75, 3.05) is 26.1 Å². The highest BCUT2D eigenvalue weighted by atomic mass is 35.5. The first-order valence-electron chi connectivity index (χ1n) is 8.58. The van der Waals surface area contributed by atoms with Gasteiger partial charge in [-0.3, -0.25) is 0 Å². The van der Waals surface area contributed by atoms with Gasteiger partial charge < -0.3 is 16.9 Å². The van der Waals surface area contributed by atoms with Crippen LogP contribution in [0.25, 0.3) is 0 Å². The fourth-order valence-corrected chi connectivity index (χ4v) is 2.84. The summed E-state index contributed by atoms with van der Waals surface area (Å²) in [5.41, 5.74) is 0. The van der Waals surface area contributed by atoms with Crippen LogP contribution >= 0.6 is 11.6 Å². The highest BCUT2D eigenvalue weighted by Crippen LogP contribution is 2.14. The molecule has 0 aliphatic heterocycles. The van der Waals surface area contributed by atoms with Crippen molar-refractivity contribution < 1.29 is 16.9 Å². The van der Waals surface area contributed by atoms with E-state index < -0.39 is 0 Å². The number of halogens is 2. The molecule has 0 N–H and O–H groups in total. The van der Waals surface area contributed by atoms with Gasteiger partial charge in [-0.15, -0.1) is 0 Å². The van der Waals surface area contributed by atoms with Crippen molar-refractivity contribution >= 4 is 11.6 Å². The second-order valence-corrected chi connectivity index (χ2v) is 6.61. The number of quaternary nitrogens is 1. The first kappa shape index (κ1) is 22.8. The molecule has 0 fully saturated rings. The van der Waals surface area contributed by atoms with Gasteiger partial charge in [0.15, 0.2) is 6.00 Å². The molecule has 0 saturated heterocycles. The molecular weight excluding hydrogens is 289 g/mol. The van der Waals surface area contributed by atoms with Crippen LogP contribution in [0.4, 0.5) is 0 Å². The van der Waals surface area contributed by atoms with Crippen LogP contribution in [0.2, 0.25) is 0 Å². The standard InChI is InChI=1S/C17H37ClN.ClH/c1-4-6-8-10-12-14-16-19(3,17-18)15-13-11-9-7-5-2;/h4-17H2,1-3H3;1H/q+1;/p-1. The molecule has 1 unspecified atom stereocenters. The zero-order valence-corrected chi connectivity index (χ0v) is 15.6. The monoisotopic (exact) mass is 325 g/mol. The van der Waals surface area contributed by atoms with Crippen molar-refractivity contribution in [2.24, 2.45) is 0 Å². The Bertz CT molecular complexity index is 188. The molecule has 0 aliphatic rings. The molecule has 0 aliphatic carbocycles. The van der Waals surface area contributed by atoms with Crippen LogP contribution in [-0.2, 0) is 0 Å². The van der Waals surface area contributed by atoms with Crippen LogP contribution in [0, 0.1) is 0 Å².